The third kappa shape index (κ3) is 2.30. The minimum absolute atomic E-state index is 0.0431. The summed E-state index contributed by atoms with van der Waals surface area (Å²) in [5.41, 5.74) is 1.93. The van der Waals surface area contributed by atoms with Crippen molar-refractivity contribution >= 4 is 11.8 Å². The largest absolute Gasteiger partial charge is 0.453 e. The summed E-state index contributed by atoms with van der Waals surface area (Å²) in [5.74, 6) is -0.612. The average molecular weight is 277 g/mol. The van der Waals surface area contributed by atoms with E-state index in [9.17, 15) is 9.59 Å². The number of ketones is 1. The second-order valence-electron chi connectivity index (χ2n) is 4.77. The van der Waals surface area contributed by atoms with Crippen LogP contribution in [-0.4, -0.2) is 11.8 Å². The third-order valence-corrected chi connectivity index (χ3v) is 3.50. The summed E-state index contributed by atoms with van der Waals surface area (Å²) in [6.45, 7) is 0. The van der Waals surface area contributed by atoms with Crippen LogP contribution in [0.5, 0.6) is 0 Å². The topological polar surface area (TPSA) is 67.2 Å². The van der Waals surface area contributed by atoms with Crippen molar-refractivity contribution in [1.82, 2.24) is 0 Å². The molecule has 2 aromatic carbocycles. The van der Waals surface area contributed by atoms with E-state index < -0.39 is 12.1 Å². The van der Waals surface area contributed by atoms with Gasteiger partial charge in [-0.25, -0.2) is 4.79 Å². The smallest absolute Gasteiger partial charge is 0.339 e. The van der Waals surface area contributed by atoms with Crippen LogP contribution in [0.2, 0.25) is 0 Å². The Balaban J connectivity index is 1.87. The number of fused-ring (bicyclic) bond motifs is 1. The molecule has 4 heteroatoms. The van der Waals surface area contributed by atoms with Gasteiger partial charge in [-0.05, 0) is 12.1 Å². The summed E-state index contributed by atoms with van der Waals surface area (Å²) in [5, 5.41) is 9.04. The number of ether oxygens (including phenoxy) is 1. The number of hydrogen-bond donors (Lipinski definition) is 0. The van der Waals surface area contributed by atoms with Crippen molar-refractivity contribution in [1.29, 1.82) is 5.26 Å². The molecule has 0 radical (unpaired) electrons. The van der Waals surface area contributed by atoms with E-state index in [1.165, 1.54) is 0 Å². The number of rotatable bonds is 3. The number of carbonyl (C=O) groups excluding carboxylic acids is 2. The third-order valence-electron chi connectivity index (χ3n) is 3.50. The molecule has 0 N–H and O–H groups in total. The van der Waals surface area contributed by atoms with Crippen LogP contribution in [0.15, 0.2) is 48.5 Å². The first-order valence-electron chi connectivity index (χ1n) is 6.53. The standard InChI is InChI=1S/C17H11NO3/c18-10-11-5-1-2-6-12(11)15(19)9-16-13-7-3-4-8-14(13)17(20)21-16/h1-8,16H,9H2. The predicted octanol–water partition coefficient (Wildman–Crippen LogP) is 3.04. The maximum absolute atomic E-state index is 12.4. The molecule has 0 saturated carbocycles. The number of hydrogen-bond acceptors (Lipinski definition) is 4. The maximum Gasteiger partial charge on any atom is 0.339 e. The van der Waals surface area contributed by atoms with E-state index in [0.717, 1.165) is 5.56 Å². The summed E-state index contributed by atoms with van der Waals surface area (Å²) in [6, 6.07) is 15.7. The highest BCUT2D eigenvalue weighted by atomic mass is 16.5. The molecule has 1 aliphatic rings. The highest BCUT2D eigenvalue weighted by Crippen LogP contribution is 2.33. The number of esters is 1. The number of Topliss-reactive ketones (excluding diaryl/α,β-unsaturated/α-hetero) is 1. The summed E-state index contributed by atoms with van der Waals surface area (Å²) >= 11 is 0. The van der Waals surface area contributed by atoms with Crippen LogP contribution >= 0.6 is 0 Å². The number of nitriles is 1. The zero-order chi connectivity index (χ0) is 14.8. The van der Waals surface area contributed by atoms with Gasteiger partial charge in [0.25, 0.3) is 0 Å². The van der Waals surface area contributed by atoms with Gasteiger partial charge in [0.05, 0.1) is 23.6 Å². The van der Waals surface area contributed by atoms with E-state index in [0.29, 0.717) is 16.7 Å². The van der Waals surface area contributed by atoms with E-state index in [-0.39, 0.29) is 12.2 Å². The summed E-state index contributed by atoms with van der Waals surface area (Å²) in [6.07, 6.45) is -0.533. The molecule has 3 rings (SSSR count). The lowest BCUT2D eigenvalue weighted by Gasteiger charge is -2.10. The summed E-state index contributed by atoms with van der Waals surface area (Å²) < 4.78 is 5.25. The van der Waals surface area contributed by atoms with Gasteiger partial charge in [-0.3, -0.25) is 4.79 Å². The van der Waals surface area contributed by atoms with Crippen LogP contribution in [0.25, 0.3) is 0 Å². The molecule has 0 fully saturated rings. The Kier molecular flexibility index (Phi) is 3.25. The van der Waals surface area contributed by atoms with Crippen molar-refractivity contribution < 1.29 is 14.3 Å². The Bertz CT molecular complexity index is 774. The fourth-order valence-electron chi connectivity index (χ4n) is 2.47. The molecule has 4 nitrogen and oxygen atoms in total. The number of carbonyl (C=O) groups is 2. The molecule has 0 saturated heterocycles. The molecule has 0 aromatic heterocycles. The monoisotopic (exact) mass is 277 g/mol. The fraction of sp³-hybridized carbons (Fsp3) is 0.118. The first kappa shape index (κ1) is 13.1. The normalized spacial score (nSPS) is 16.0. The molecule has 1 aliphatic heterocycles. The van der Waals surface area contributed by atoms with E-state index in [4.69, 9.17) is 10.00 Å². The average Bonchev–Trinajstić information content (AvgIpc) is 2.84. The fourth-order valence-corrected chi connectivity index (χ4v) is 2.47. The molecule has 1 atom stereocenters. The lowest BCUT2D eigenvalue weighted by Crippen LogP contribution is -2.09. The Hall–Kier alpha value is -2.93. The molecule has 1 unspecified atom stereocenters. The molecule has 0 spiro atoms. The summed E-state index contributed by atoms with van der Waals surface area (Å²) in [4.78, 5) is 24.1. The van der Waals surface area contributed by atoms with Crippen LogP contribution in [-0.2, 0) is 4.74 Å². The van der Waals surface area contributed by atoms with E-state index in [1.807, 2.05) is 12.1 Å². The zero-order valence-corrected chi connectivity index (χ0v) is 11.1. The molecule has 102 valence electrons. The van der Waals surface area contributed by atoms with Gasteiger partial charge < -0.3 is 4.74 Å². The quantitative estimate of drug-likeness (QED) is 0.638. The van der Waals surface area contributed by atoms with Gasteiger partial charge in [0.2, 0.25) is 0 Å². The van der Waals surface area contributed by atoms with Gasteiger partial charge in [-0.2, -0.15) is 5.26 Å². The molecular formula is C17H11NO3. The van der Waals surface area contributed by atoms with Crippen molar-refractivity contribution in [3.63, 3.8) is 0 Å². The highest BCUT2D eigenvalue weighted by molar-refractivity contribution is 6.00. The van der Waals surface area contributed by atoms with Crippen LogP contribution in [0, 0.1) is 11.3 Å². The van der Waals surface area contributed by atoms with Crippen LogP contribution < -0.4 is 0 Å². The minimum Gasteiger partial charge on any atom is -0.453 e. The lowest BCUT2D eigenvalue weighted by atomic mass is 9.96. The van der Waals surface area contributed by atoms with Crippen LogP contribution in [0.3, 0.4) is 0 Å². The molecule has 0 bridgehead atoms. The van der Waals surface area contributed by atoms with Crippen LogP contribution in [0.4, 0.5) is 0 Å². The van der Waals surface area contributed by atoms with Crippen molar-refractivity contribution in [2.45, 2.75) is 12.5 Å². The summed E-state index contributed by atoms with van der Waals surface area (Å²) in [7, 11) is 0. The second kappa shape index (κ2) is 5.22. The van der Waals surface area contributed by atoms with Gasteiger partial charge in [0.15, 0.2) is 5.78 Å². The van der Waals surface area contributed by atoms with Crippen molar-refractivity contribution in [2.75, 3.05) is 0 Å². The second-order valence-corrected chi connectivity index (χ2v) is 4.77. The molecular weight excluding hydrogens is 266 g/mol. The van der Waals surface area contributed by atoms with Crippen LogP contribution in [0.1, 0.15) is 44.4 Å². The Morgan fingerprint density at radius 1 is 1.14 bits per heavy atom. The number of benzene rings is 2. The molecule has 1 heterocycles. The Morgan fingerprint density at radius 3 is 2.67 bits per heavy atom. The first-order chi connectivity index (χ1) is 10.2. The molecule has 2 aromatic rings. The van der Waals surface area contributed by atoms with Gasteiger partial charge in [-0.1, -0.05) is 36.4 Å². The molecule has 0 amide bonds. The number of nitrogens with zero attached hydrogens (tertiary/aromatic N) is 1. The van der Waals surface area contributed by atoms with Gasteiger partial charge in [0, 0.05) is 11.1 Å². The Morgan fingerprint density at radius 2 is 1.86 bits per heavy atom. The Labute approximate surface area is 121 Å². The van der Waals surface area contributed by atoms with Gasteiger partial charge in [0.1, 0.15) is 6.10 Å². The predicted molar refractivity (Wildman–Crippen MR) is 74.7 cm³/mol. The highest BCUT2D eigenvalue weighted by Gasteiger charge is 2.32. The van der Waals surface area contributed by atoms with E-state index in [1.54, 1.807) is 42.5 Å². The van der Waals surface area contributed by atoms with Gasteiger partial charge in [-0.15, -0.1) is 0 Å². The van der Waals surface area contributed by atoms with Gasteiger partial charge >= 0.3 is 5.97 Å². The maximum atomic E-state index is 12.4. The van der Waals surface area contributed by atoms with E-state index >= 15 is 0 Å². The SMILES string of the molecule is N#Cc1ccccc1C(=O)CC1OC(=O)c2ccccc21. The zero-order valence-electron chi connectivity index (χ0n) is 11.1. The molecule has 0 aliphatic carbocycles. The van der Waals surface area contributed by atoms with Crippen molar-refractivity contribution in [3.8, 4) is 6.07 Å². The van der Waals surface area contributed by atoms with Crippen molar-refractivity contribution in [3.05, 3.63) is 70.8 Å². The first-order valence-corrected chi connectivity index (χ1v) is 6.53. The van der Waals surface area contributed by atoms with E-state index in [2.05, 4.69) is 0 Å². The number of cyclic esters (lactones) is 1. The molecule has 21 heavy (non-hydrogen) atoms. The minimum atomic E-state index is -0.576. The van der Waals surface area contributed by atoms with Crippen molar-refractivity contribution in [2.24, 2.45) is 0 Å². The lowest BCUT2D eigenvalue weighted by molar-refractivity contribution is 0.0367.